The fraction of sp³-hybridized carbons (Fsp3) is 0.133. The average molecular weight is 261 g/mol. The smallest absolute Gasteiger partial charge is 0.169 e. The van der Waals surface area contributed by atoms with Gasteiger partial charge in [-0.2, -0.15) is 0 Å². The van der Waals surface area contributed by atoms with Crippen LogP contribution in [0.2, 0.25) is 0 Å². The maximum atomic E-state index is 13.5. The van der Waals surface area contributed by atoms with Crippen LogP contribution in [0.15, 0.2) is 36.4 Å². The van der Waals surface area contributed by atoms with Gasteiger partial charge in [-0.05, 0) is 42.8 Å². The standard InChI is InChI=1S/C15H13F2NO/c1-9-2-5-14(18)12(6-9)15(19)8-10-7-11(16)3-4-13(10)17/h2-7H,8,18H2,1H3. The topological polar surface area (TPSA) is 43.1 Å². The van der Waals surface area contributed by atoms with E-state index in [0.717, 1.165) is 23.8 Å². The molecule has 0 unspecified atom stereocenters. The Morgan fingerprint density at radius 1 is 1.16 bits per heavy atom. The van der Waals surface area contributed by atoms with Gasteiger partial charge in [0.05, 0.1) is 0 Å². The molecule has 0 aliphatic heterocycles. The van der Waals surface area contributed by atoms with Crippen LogP contribution in [-0.2, 0) is 6.42 Å². The van der Waals surface area contributed by atoms with Gasteiger partial charge in [-0.15, -0.1) is 0 Å². The maximum absolute atomic E-state index is 13.5. The maximum Gasteiger partial charge on any atom is 0.169 e. The van der Waals surface area contributed by atoms with Crippen LogP contribution < -0.4 is 5.73 Å². The predicted molar refractivity (Wildman–Crippen MR) is 70.0 cm³/mol. The number of Topliss-reactive ketones (excluding diaryl/α,β-unsaturated/α-hetero) is 1. The Kier molecular flexibility index (Phi) is 3.60. The van der Waals surface area contributed by atoms with Crippen LogP contribution in [0.5, 0.6) is 0 Å². The molecular formula is C15H13F2NO. The Morgan fingerprint density at radius 2 is 1.89 bits per heavy atom. The van der Waals surface area contributed by atoms with Gasteiger partial charge in [0.15, 0.2) is 5.78 Å². The zero-order valence-corrected chi connectivity index (χ0v) is 10.4. The zero-order valence-electron chi connectivity index (χ0n) is 10.4. The average Bonchev–Trinajstić information content (AvgIpc) is 2.36. The van der Waals surface area contributed by atoms with E-state index in [1.165, 1.54) is 0 Å². The van der Waals surface area contributed by atoms with E-state index in [9.17, 15) is 13.6 Å². The van der Waals surface area contributed by atoms with Crippen molar-refractivity contribution in [2.45, 2.75) is 13.3 Å². The number of carbonyl (C=O) groups is 1. The van der Waals surface area contributed by atoms with Crippen molar-refractivity contribution in [1.29, 1.82) is 0 Å². The summed E-state index contributed by atoms with van der Waals surface area (Å²) in [5.41, 5.74) is 7.32. The highest BCUT2D eigenvalue weighted by Gasteiger charge is 2.14. The normalized spacial score (nSPS) is 10.5. The second-order valence-corrected chi connectivity index (χ2v) is 4.43. The molecule has 98 valence electrons. The van der Waals surface area contributed by atoms with Crippen LogP contribution in [0.4, 0.5) is 14.5 Å². The van der Waals surface area contributed by atoms with E-state index in [1.807, 2.05) is 6.92 Å². The number of nitrogen functional groups attached to an aromatic ring is 1. The van der Waals surface area contributed by atoms with E-state index in [2.05, 4.69) is 0 Å². The molecule has 2 N–H and O–H groups in total. The van der Waals surface area contributed by atoms with Crippen LogP contribution in [0.3, 0.4) is 0 Å². The fourth-order valence-electron chi connectivity index (χ4n) is 1.86. The third-order valence-corrected chi connectivity index (χ3v) is 2.87. The summed E-state index contributed by atoms with van der Waals surface area (Å²) in [5.74, 6) is -1.49. The minimum Gasteiger partial charge on any atom is -0.398 e. The van der Waals surface area contributed by atoms with Gasteiger partial charge < -0.3 is 5.73 Å². The number of anilines is 1. The summed E-state index contributed by atoms with van der Waals surface area (Å²) in [6, 6.07) is 8.12. The summed E-state index contributed by atoms with van der Waals surface area (Å²) in [5, 5.41) is 0. The third kappa shape index (κ3) is 2.96. The largest absolute Gasteiger partial charge is 0.398 e. The molecule has 0 aromatic heterocycles. The van der Waals surface area contributed by atoms with Crippen molar-refractivity contribution in [2.24, 2.45) is 0 Å². The third-order valence-electron chi connectivity index (χ3n) is 2.87. The number of hydrogen-bond acceptors (Lipinski definition) is 2. The molecule has 2 aromatic carbocycles. The minimum absolute atomic E-state index is 0.0332. The van der Waals surface area contributed by atoms with Gasteiger partial charge in [0.25, 0.3) is 0 Å². The zero-order chi connectivity index (χ0) is 14.0. The highest BCUT2D eigenvalue weighted by Crippen LogP contribution is 2.18. The molecule has 19 heavy (non-hydrogen) atoms. The van der Waals surface area contributed by atoms with Crippen LogP contribution in [0, 0.1) is 18.6 Å². The van der Waals surface area contributed by atoms with Gasteiger partial charge in [-0.1, -0.05) is 11.6 Å². The number of rotatable bonds is 3. The van der Waals surface area contributed by atoms with Gasteiger partial charge in [0.2, 0.25) is 0 Å². The van der Waals surface area contributed by atoms with Crippen LogP contribution >= 0.6 is 0 Å². The quantitative estimate of drug-likeness (QED) is 0.680. The molecule has 0 aliphatic carbocycles. The molecule has 2 nitrogen and oxygen atoms in total. The first kappa shape index (κ1) is 13.2. The lowest BCUT2D eigenvalue weighted by Crippen LogP contribution is -2.08. The lowest BCUT2D eigenvalue weighted by molar-refractivity contribution is 0.0992. The molecule has 0 radical (unpaired) electrons. The number of aryl methyl sites for hydroxylation is 1. The first-order valence-electron chi connectivity index (χ1n) is 5.80. The molecule has 0 saturated carbocycles. The first-order valence-corrected chi connectivity index (χ1v) is 5.80. The van der Waals surface area contributed by atoms with Crippen molar-refractivity contribution in [2.75, 3.05) is 5.73 Å². The molecule has 0 atom stereocenters. The van der Waals surface area contributed by atoms with Gasteiger partial charge in [-0.25, -0.2) is 8.78 Å². The van der Waals surface area contributed by atoms with Crippen molar-refractivity contribution in [1.82, 2.24) is 0 Å². The molecule has 0 fully saturated rings. The molecule has 0 bridgehead atoms. The number of ketones is 1. The summed E-state index contributed by atoms with van der Waals surface area (Å²) in [6.45, 7) is 1.83. The Labute approximate surface area is 109 Å². The Hall–Kier alpha value is -2.23. The lowest BCUT2D eigenvalue weighted by atomic mass is 9.99. The number of halogens is 2. The molecular weight excluding hydrogens is 248 g/mol. The molecule has 0 heterocycles. The van der Waals surface area contributed by atoms with Crippen molar-refractivity contribution < 1.29 is 13.6 Å². The van der Waals surface area contributed by atoms with Crippen molar-refractivity contribution in [3.05, 3.63) is 64.7 Å². The number of nitrogens with two attached hydrogens (primary N) is 1. The molecule has 0 saturated heterocycles. The molecule has 4 heteroatoms. The second kappa shape index (κ2) is 5.18. The highest BCUT2D eigenvalue weighted by atomic mass is 19.1. The summed E-state index contributed by atoms with van der Waals surface area (Å²) < 4.78 is 26.5. The summed E-state index contributed by atoms with van der Waals surface area (Å²) >= 11 is 0. The van der Waals surface area contributed by atoms with E-state index in [0.29, 0.717) is 11.3 Å². The molecule has 0 amide bonds. The van der Waals surface area contributed by atoms with E-state index >= 15 is 0 Å². The predicted octanol–water partition coefficient (Wildman–Crippen LogP) is 3.28. The Bertz CT molecular complexity index is 638. The fourth-order valence-corrected chi connectivity index (χ4v) is 1.86. The molecule has 0 aliphatic rings. The van der Waals surface area contributed by atoms with Crippen molar-refractivity contribution >= 4 is 11.5 Å². The van der Waals surface area contributed by atoms with E-state index < -0.39 is 11.6 Å². The van der Waals surface area contributed by atoms with Gasteiger partial charge in [0.1, 0.15) is 11.6 Å². The van der Waals surface area contributed by atoms with Crippen LogP contribution in [0.25, 0.3) is 0 Å². The summed E-state index contributed by atoms with van der Waals surface area (Å²) in [6.07, 6.45) is -0.211. The summed E-state index contributed by atoms with van der Waals surface area (Å²) in [7, 11) is 0. The Balaban J connectivity index is 2.30. The lowest BCUT2D eigenvalue weighted by Gasteiger charge is -2.07. The van der Waals surface area contributed by atoms with Crippen LogP contribution in [-0.4, -0.2) is 5.78 Å². The minimum atomic E-state index is -0.596. The number of hydrogen-bond donors (Lipinski definition) is 1. The van der Waals surface area contributed by atoms with E-state index in [4.69, 9.17) is 5.73 Å². The summed E-state index contributed by atoms with van der Waals surface area (Å²) in [4.78, 5) is 12.1. The van der Waals surface area contributed by atoms with E-state index in [-0.39, 0.29) is 17.8 Å². The van der Waals surface area contributed by atoms with Gasteiger partial charge >= 0.3 is 0 Å². The Morgan fingerprint density at radius 3 is 2.63 bits per heavy atom. The number of carbonyl (C=O) groups excluding carboxylic acids is 1. The molecule has 0 spiro atoms. The number of benzene rings is 2. The first-order chi connectivity index (χ1) is 8.97. The van der Waals surface area contributed by atoms with Gasteiger partial charge in [-0.3, -0.25) is 4.79 Å². The van der Waals surface area contributed by atoms with Gasteiger partial charge in [0, 0.05) is 17.7 Å². The monoisotopic (exact) mass is 261 g/mol. The second-order valence-electron chi connectivity index (χ2n) is 4.43. The van der Waals surface area contributed by atoms with E-state index in [1.54, 1.807) is 18.2 Å². The molecule has 2 aromatic rings. The van der Waals surface area contributed by atoms with Crippen molar-refractivity contribution in [3.8, 4) is 0 Å². The highest BCUT2D eigenvalue weighted by molar-refractivity contribution is 6.02. The van der Waals surface area contributed by atoms with Crippen molar-refractivity contribution in [3.63, 3.8) is 0 Å². The SMILES string of the molecule is Cc1ccc(N)c(C(=O)Cc2cc(F)ccc2F)c1. The molecule has 2 rings (SSSR count). The van der Waals surface area contributed by atoms with Crippen LogP contribution in [0.1, 0.15) is 21.5 Å².